The lowest BCUT2D eigenvalue weighted by atomic mass is 10.0. The van der Waals surface area contributed by atoms with Gasteiger partial charge >= 0.3 is 0 Å². The van der Waals surface area contributed by atoms with Crippen LogP contribution in [-0.4, -0.2) is 42.8 Å². The Morgan fingerprint density at radius 1 is 1.35 bits per heavy atom. The normalized spacial score (nSPS) is 19.3. The van der Waals surface area contributed by atoms with Gasteiger partial charge in [0.2, 0.25) is 5.95 Å². The number of piperidine rings is 1. The third-order valence-corrected chi connectivity index (χ3v) is 3.86. The van der Waals surface area contributed by atoms with Gasteiger partial charge in [0.15, 0.2) is 0 Å². The Labute approximate surface area is 121 Å². The quantitative estimate of drug-likeness (QED) is 0.773. The van der Waals surface area contributed by atoms with E-state index >= 15 is 0 Å². The van der Waals surface area contributed by atoms with Crippen molar-refractivity contribution in [2.75, 3.05) is 31.7 Å². The van der Waals surface area contributed by atoms with E-state index in [1.54, 1.807) is 7.11 Å². The summed E-state index contributed by atoms with van der Waals surface area (Å²) in [4.78, 5) is 11.5. The molecule has 0 bridgehead atoms. The van der Waals surface area contributed by atoms with Gasteiger partial charge in [-0.3, -0.25) is 0 Å². The molecule has 1 aliphatic heterocycles. The third kappa shape index (κ3) is 4.15. The number of methoxy groups -OCH3 is 1. The Kier molecular flexibility index (Phi) is 6.21. The summed E-state index contributed by atoms with van der Waals surface area (Å²) in [5.41, 5.74) is 1.12. The van der Waals surface area contributed by atoms with E-state index in [0.29, 0.717) is 6.04 Å². The zero-order valence-corrected chi connectivity index (χ0v) is 12.6. The number of aromatic nitrogens is 2. The largest absolute Gasteiger partial charge is 0.383 e. The Hall–Kier alpha value is -1.20. The van der Waals surface area contributed by atoms with Crippen molar-refractivity contribution < 1.29 is 4.74 Å². The third-order valence-electron chi connectivity index (χ3n) is 3.86. The first-order valence-electron chi connectivity index (χ1n) is 7.62. The van der Waals surface area contributed by atoms with Crippen LogP contribution >= 0.6 is 0 Å². The standard InChI is InChI=1S/C15H26N4O/c1-3-14-6-4-5-8-19(14)15-17-11-13(12-18-15)10-16-7-9-20-2/h11-12,14,16H,3-10H2,1-2H3. The molecule has 2 heterocycles. The molecule has 0 amide bonds. The van der Waals surface area contributed by atoms with Gasteiger partial charge in [-0.15, -0.1) is 0 Å². The van der Waals surface area contributed by atoms with Crippen molar-refractivity contribution in [2.24, 2.45) is 0 Å². The molecule has 0 aromatic carbocycles. The van der Waals surface area contributed by atoms with E-state index in [1.165, 1.54) is 25.7 Å². The summed E-state index contributed by atoms with van der Waals surface area (Å²) < 4.78 is 5.00. The first-order chi connectivity index (χ1) is 9.85. The average molecular weight is 278 g/mol. The summed E-state index contributed by atoms with van der Waals surface area (Å²) in [6.45, 7) is 5.70. The van der Waals surface area contributed by atoms with E-state index in [9.17, 15) is 0 Å². The number of nitrogens with zero attached hydrogens (tertiary/aromatic N) is 3. The molecule has 2 rings (SSSR count). The highest BCUT2D eigenvalue weighted by molar-refractivity contribution is 5.32. The molecule has 1 N–H and O–H groups in total. The minimum Gasteiger partial charge on any atom is -0.383 e. The summed E-state index contributed by atoms with van der Waals surface area (Å²) in [7, 11) is 1.71. The molecule has 1 aromatic heterocycles. The summed E-state index contributed by atoms with van der Waals surface area (Å²) >= 11 is 0. The molecule has 1 aromatic rings. The van der Waals surface area contributed by atoms with Crippen LogP contribution in [0.25, 0.3) is 0 Å². The van der Waals surface area contributed by atoms with Crippen LogP contribution in [0.3, 0.4) is 0 Å². The van der Waals surface area contributed by atoms with Crippen LogP contribution in [0, 0.1) is 0 Å². The van der Waals surface area contributed by atoms with Crippen molar-refractivity contribution >= 4 is 5.95 Å². The summed E-state index contributed by atoms with van der Waals surface area (Å²) in [5.74, 6) is 0.886. The Morgan fingerprint density at radius 2 is 2.15 bits per heavy atom. The van der Waals surface area contributed by atoms with Gasteiger partial charge in [0.25, 0.3) is 0 Å². The zero-order chi connectivity index (χ0) is 14.2. The highest BCUT2D eigenvalue weighted by Gasteiger charge is 2.22. The average Bonchev–Trinajstić information content (AvgIpc) is 2.52. The second kappa shape index (κ2) is 8.17. The van der Waals surface area contributed by atoms with Gasteiger partial charge in [0.05, 0.1) is 6.61 Å². The minimum absolute atomic E-state index is 0.606. The summed E-state index contributed by atoms with van der Waals surface area (Å²) in [6, 6.07) is 0.606. The van der Waals surface area contributed by atoms with E-state index in [-0.39, 0.29) is 0 Å². The fraction of sp³-hybridized carbons (Fsp3) is 0.733. The number of nitrogens with one attached hydrogen (secondary N) is 1. The lowest BCUT2D eigenvalue weighted by Gasteiger charge is -2.35. The predicted molar refractivity (Wildman–Crippen MR) is 80.9 cm³/mol. The molecule has 0 saturated carbocycles. The zero-order valence-electron chi connectivity index (χ0n) is 12.6. The van der Waals surface area contributed by atoms with Crippen LogP contribution in [0.15, 0.2) is 12.4 Å². The van der Waals surface area contributed by atoms with Crippen molar-refractivity contribution in [3.63, 3.8) is 0 Å². The van der Waals surface area contributed by atoms with Gasteiger partial charge in [-0.1, -0.05) is 6.92 Å². The maximum Gasteiger partial charge on any atom is 0.225 e. The first-order valence-corrected chi connectivity index (χ1v) is 7.62. The van der Waals surface area contributed by atoms with E-state index in [1.807, 2.05) is 12.4 Å². The van der Waals surface area contributed by atoms with Gasteiger partial charge in [0.1, 0.15) is 0 Å². The number of anilines is 1. The van der Waals surface area contributed by atoms with Gasteiger partial charge in [-0.05, 0) is 25.7 Å². The summed E-state index contributed by atoms with van der Waals surface area (Å²) in [5, 5.41) is 3.30. The highest BCUT2D eigenvalue weighted by atomic mass is 16.5. The predicted octanol–water partition coefficient (Wildman–Crippen LogP) is 1.98. The van der Waals surface area contributed by atoms with Crippen LogP contribution in [0.5, 0.6) is 0 Å². The second-order valence-corrected chi connectivity index (χ2v) is 5.31. The summed E-state index contributed by atoms with van der Waals surface area (Å²) in [6.07, 6.45) is 8.88. The van der Waals surface area contributed by atoms with Gasteiger partial charge in [-0.25, -0.2) is 9.97 Å². The molecular formula is C15H26N4O. The monoisotopic (exact) mass is 278 g/mol. The van der Waals surface area contributed by atoms with Crippen LogP contribution < -0.4 is 10.2 Å². The smallest absolute Gasteiger partial charge is 0.225 e. The molecule has 0 aliphatic carbocycles. The van der Waals surface area contributed by atoms with Crippen molar-refractivity contribution in [1.29, 1.82) is 0 Å². The molecule has 0 radical (unpaired) electrons. The lowest BCUT2D eigenvalue weighted by molar-refractivity contribution is 0.199. The Morgan fingerprint density at radius 3 is 2.85 bits per heavy atom. The molecule has 20 heavy (non-hydrogen) atoms. The van der Waals surface area contributed by atoms with Crippen LogP contribution in [0.4, 0.5) is 5.95 Å². The van der Waals surface area contributed by atoms with Crippen molar-refractivity contribution in [3.05, 3.63) is 18.0 Å². The molecule has 5 nitrogen and oxygen atoms in total. The highest BCUT2D eigenvalue weighted by Crippen LogP contribution is 2.23. The van der Waals surface area contributed by atoms with Crippen LogP contribution in [0.1, 0.15) is 38.2 Å². The molecule has 1 atom stereocenters. The lowest BCUT2D eigenvalue weighted by Crippen LogP contribution is -2.40. The van der Waals surface area contributed by atoms with E-state index in [0.717, 1.165) is 37.8 Å². The van der Waals surface area contributed by atoms with E-state index < -0.39 is 0 Å². The molecule has 1 fully saturated rings. The molecule has 5 heteroatoms. The molecule has 112 valence electrons. The maximum atomic E-state index is 5.00. The van der Waals surface area contributed by atoms with Crippen LogP contribution in [0.2, 0.25) is 0 Å². The van der Waals surface area contributed by atoms with Crippen molar-refractivity contribution in [3.8, 4) is 0 Å². The molecule has 1 unspecified atom stereocenters. The van der Waals surface area contributed by atoms with Crippen LogP contribution in [-0.2, 0) is 11.3 Å². The molecule has 1 saturated heterocycles. The van der Waals surface area contributed by atoms with Crippen molar-refractivity contribution in [1.82, 2.24) is 15.3 Å². The molecule has 0 spiro atoms. The number of hydrogen-bond donors (Lipinski definition) is 1. The fourth-order valence-corrected chi connectivity index (χ4v) is 2.68. The molecule has 1 aliphatic rings. The topological polar surface area (TPSA) is 50.3 Å². The minimum atomic E-state index is 0.606. The van der Waals surface area contributed by atoms with Gasteiger partial charge in [0, 0.05) is 50.7 Å². The second-order valence-electron chi connectivity index (χ2n) is 5.31. The number of ether oxygens (including phenoxy) is 1. The van der Waals surface area contributed by atoms with Gasteiger partial charge < -0.3 is 15.0 Å². The SMILES string of the molecule is CCC1CCCCN1c1ncc(CNCCOC)cn1. The molecular weight excluding hydrogens is 252 g/mol. The van der Waals surface area contributed by atoms with E-state index in [2.05, 4.69) is 27.1 Å². The van der Waals surface area contributed by atoms with Gasteiger partial charge in [-0.2, -0.15) is 0 Å². The van der Waals surface area contributed by atoms with Crippen molar-refractivity contribution in [2.45, 2.75) is 45.2 Å². The first kappa shape index (κ1) is 15.2. The number of hydrogen-bond acceptors (Lipinski definition) is 5. The Balaban J connectivity index is 1.89. The number of rotatable bonds is 7. The fourth-order valence-electron chi connectivity index (χ4n) is 2.68. The maximum absolute atomic E-state index is 5.00. The van der Waals surface area contributed by atoms with E-state index in [4.69, 9.17) is 4.74 Å². The Bertz CT molecular complexity index is 382.